The van der Waals surface area contributed by atoms with Gasteiger partial charge >= 0.3 is 0 Å². The minimum Gasteiger partial charge on any atom is -0.302 e. The molecule has 88 valence electrons. The quantitative estimate of drug-likeness (QED) is 0.886. The zero-order chi connectivity index (χ0) is 12.3. The number of aromatic nitrogens is 5. The predicted molar refractivity (Wildman–Crippen MR) is 63.4 cm³/mol. The number of aromatic amines is 1. The van der Waals surface area contributed by atoms with Gasteiger partial charge in [-0.1, -0.05) is 6.92 Å². The number of rotatable bonds is 3. The van der Waals surface area contributed by atoms with Crippen LogP contribution >= 0.6 is 15.9 Å². The van der Waals surface area contributed by atoms with Crippen molar-refractivity contribution in [2.75, 3.05) is 5.32 Å². The van der Waals surface area contributed by atoms with Crippen LogP contribution in [0.5, 0.6) is 0 Å². The van der Waals surface area contributed by atoms with E-state index in [4.69, 9.17) is 0 Å². The Morgan fingerprint density at radius 3 is 2.88 bits per heavy atom. The van der Waals surface area contributed by atoms with E-state index >= 15 is 0 Å². The monoisotopic (exact) mass is 296 g/mol. The second-order valence-corrected chi connectivity index (χ2v) is 3.95. The van der Waals surface area contributed by atoms with E-state index in [-0.39, 0.29) is 5.82 Å². The Labute approximate surface area is 105 Å². The van der Waals surface area contributed by atoms with Crippen LogP contribution in [0.2, 0.25) is 0 Å². The second kappa shape index (κ2) is 5.00. The fraction of sp³-hybridized carbons (Fsp3) is 0.222. The number of halogens is 1. The maximum absolute atomic E-state index is 11.7. The number of hydrogen-bond acceptors (Lipinski definition) is 5. The van der Waals surface area contributed by atoms with Crippen LogP contribution in [-0.4, -0.2) is 31.1 Å². The number of nitrogens with one attached hydrogen (secondary N) is 2. The maximum atomic E-state index is 11.7. The summed E-state index contributed by atoms with van der Waals surface area (Å²) in [5.74, 6) is 0.683. The van der Waals surface area contributed by atoms with E-state index in [1.807, 2.05) is 6.92 Å². The number of carbonyl (C=O) groups excluding carboxylic acids is 1. The summed E-state index contributed by atoms with van der Waals surface area (Å²) in [4.78, 5) is 23.6. The second-order valence-electron chi connectivity index (χ2n) is 3.14. The highest BCUT2D eigenvalue weighted by Crippen LogP contribution is 2.07. The highest BCUT2D eigenvalue weighted by atomic mass is 79.9. The summed E-state index contributed by atoms with van der Waals surface area (Å²) < 4.78 is 0.599. The topological polar surface area (TPSA) is 96.5 Å². The number of amides is 1. The normalized spacial score (nSPS) is 10.2. The molecule has 0 saturated carbocycles. The molecule has 2 aromatic rings. The molecule has 0 aliphatic carbocycles. The minimum atomic E-state index is -0.419. The minimum absolute atomic E-state index is 0.0894. The fourth-order valence-corrected chi connectivity index (χ4v) is 1.31. The molecule has 0 atom stereocenters. The number of nitrogens with zero attached hydrogens (tertiary/aromatic N) is 4. The first-order chi connectivity index (χ1) is 8.19. The fourth-order valence-electron chi connectivity index (χ4n) is 1.10. The Kier molecular flexibility index (Phi) is 3.43. The molecule has 17 heavy (non-hydrogen) atoms. The van der Waals surface area contributed by atoms with Crippen molar-refractivity contribution in [2.24, 2.45) is 0 Å². The van der Waals surface area contributed by atoms with Gasteiger partial charge in [-0.05, 0) is 15.9 Å². The van der Waals surface area contributed by atoms with Crippen LogP contribution in [0.15, 0.2) is 17.0 Å². The smallest absolute Gasteiger partial charge is 0.296 e. The Morgan fingerprint density at radius 2 is 2.29 bits per heavy atom. The first-order valence-corrected chi connectivity index (χ1v) is 5.68. The van der Waals surface area contributed by atoms with Crippen LogP contribution in [0, 0.1) is 0 Å². The first kappa shape index (κ1) is 11.6. The molecule has 0 aliphatic heterocycles. The summed E-state index contributed by atoms with van der Waals surface area (Å²) in [6.07, 6.45) is 3.62. The molecular weight excluding hydrogens is 288 g/mol. The number of carbonyl (C=O) groups is 1. The summed E-state index contributed by atoms with van der Waals surface area (Å²) in [5.41, 5.74) is 0. The molecule has 2 rings (SSSR count). The highest BCUT2D eigenvalue weighted by Gasteiger charge is 2.12. The maximum Gasteiger partial charge on any atom is 0.296 e. The van der Waals surface area contributed by atoms with Gasteiger partial charge in [0.15, 0.2) is 5.82 Å². The van der Waals surface area contributed by atoms with Crippen molar-refractivity contribution in [3.05, 3.63) is 28.6 Å². The van der Waals surface area contributed by atoms with Gasteiger partial charge in [0.2, 0.25) is 5.82 Å². The standard InChI is InChI=1S/C9H9BrN6O/c1-2-6-13-8(16-15-6)9(17)14-7-4-11-5(10)3-12-7/h3-4H,2H2,1H3,(H,12,14,17)(H,13,15,16). The van der Waals surface area contributed by atoms with Gasteiger partial charge in [-0.3, -0.25) is 9.89 Å². The molecule has 7 nitrogen and oxygen atoms in total. The van der Waals surface area contributed by atoms with Crippen LogP contribution < -0.4 is 5.32 Å². The summed E-state index contributed by atoms with van der Waals surface area (Å²) in [6.45, 7) is 1.92. The van der Waals surface area contributed by atoms with Gasteiger partial charge < -0.3 is 5.32 Å². The van der Waals surface area contributed by atoms with Gasteiger partial charge in [-0.15, -0.1) is 5.10 Å². The van der Waals surface area contributed by atoms with Crippen molar-refractivity contribution in [1.82, 2.24) is 25.1 Å². The number of H-pyrrole nitrogens is 1. The third kappa shape index (κ3) is 2.84. The predicted octanol–water partition coefficient (Wildman–Crippen LogP) is 1.17. The lowest BCUT2D eigenvalue weighted by Gasteiger charge is -1.99. The molecule has 1 amide bonds. The van der Waals surface area contributed by atoms with Crippen molar-refractivity contribution >= 4 is 27.7 Å². The van der Waals surface area contributed by atoms with Crippen LogP contribution in [-0.2, 0) is 6.42 Å². The molecule has 0 aliphatic rings. The Morgan fingerprint density at radius 1 is 1.47 bits per heavy atom. The zero-order valence-electron chi connectivity index (χ0n) is 8.94. The molecule has 0 bridgehead atoms. The lowest BCUT2D eigenvalue weighted by Crippen LogP contribution is -2.15. The van der Waals surface area contributed by atoms with E-state index in [9.17, 15) is 4.79 Å². The summed E-state index contributed by atoms with van der Waals surface area (Å²) in [5, 5.41) is 9.01. The number of anilines is 1. The first-order valence-electron chi connectivity index (χ1n) is 4.89. The van der Waals surface area contributed by atoms with Crippen LogP contribution in [0.3, 0.4) is 0 Å². The average molecular weight is 297 g/mol. The zero-order valence-corrected chi connectivity index (χ0v) is 10.5. The van der Waals surface area contributed by atoms with Gasteiger partial charge in [-0.2, -0.15) is 0 Å². The highest BCUT2D eigenvalue weighted by molar-refractivity contribution is 9.10. The molecular formula is C9H9BrN6O. The lowest BCUT2D eigenvalue weighted by molar-refractivity contribution is 0.101. The van der Waals surface area contributed by atoms with Gasteiger partial charge in [0, 0.05) is 6.42 Å². The molecule has 2 aromatic heterocycles. The summed E-state index contributed by atoms with van der Waals surface area (Å²) in [7, 11) is 0. The summed E-state index contributed by atoms with van der Waals surface area (Å²) in [6, 6.07) is 0. The molecule has 0 saturated heterocycles. The molecule has 0 fully saturated rings. The van der Waals surface area contributed by atoms with Gasteiger partial charge in [0.05, 0.1) is 12.4 Å². The van der Waals surface area contributed by atoms with Gasteiger partial charge in [0.1, 0.15) is 10.4 Å². The number of hydrogen-bond donors (Lipinski definition) is 2. The van der Waals surface area contributed by atoms with Gasteiger partial charge in [-0.25, -0.2) is 15.0 Å². The van der Waals surface area contributed by atoms with E-state index in [1.165, 1.54) is 12.4 Å². The van der Waals surface area contributed by atoms with Crippen LogP contribution in [0.4, 0.5) is 5.82 Å². The Balaban J connectivity index is 2.08. The molecule has 0 spiro atoms. The van der Waals surface area contributed by atoms with Gasteiger partial charge in [0.25, 0.3) is 5.91 Å². The van der Waals surface area contributed by atoms with Crippen molar-refractivity contribution in [3.8, 4) is 0 Å². The van der Waals surface area contributed by atoms with Crippen molar-refractivity contribution in [3.63, 3.8) is 0 Å². The molecule has 2 heterocycles. The van der Waals surface area contributed by atoms with E-state index in [0.717, 1.165) is 0 Å². The largest absolute Gasteiger partial charge is 0.302 e. The summed E-state index contributed by atoms with van der Waals surface area (Å²) >= 11 is 3.15. The van der Waals surface area contributed by atoms with Crippen molar-refractivity contribution in [1.29, 1.82) is 0 Å². The molecule has 0 aromatic carbocycles. The van der Waals surface area contributed by atoms with E-state index in [2.05, 4.69) is 46.4 Å². The molecule has 2 N–H and O–H groups in total. The molecule has 0 radical (unpaired) electrons. The molecule has 8 heteroatoms. The van der Waals surface area contributed by atoms with E-state index < -0.39 is 5.91 Å². The van der Waals surface area contributed by atoms with Crippen LogP contribution in [0.1, 0.15) is 23.4 Å². The van der Waals surface area contributed by atoms with E-state index in [0.29, 0.717) is 22.7 Å². The Bertz CT molecular complexity index is 523. The lowest BCUT2D eigenvalue weighted by atomic mass is 10.4. The van der Waals surface area contributed by atoms with Crippen molar-refractivity contribution in [2.45, 2.75) is 13.3 Å². The molecule has 0 unspecified atom stereocenters. The third-order valence-electron chi connectivity index (χ3n) is 1.93. The SMILES string of the molecule is CCc1nc(C(=O)Nc2cnc(Br)cn2)n[nH]1. The van der Waals surface area contributed by atoms with E-state index in [1.54, 1.807) is 0 Å². The van der Waals surface area contributed by atoms with Crippen molar-refractivity contribution < 1.29 is 4.79 Å². The Hall–Kier alpha value is -1.83. The average Bonchev–Trinajstić information content (AvgIpc) is 2.81. The number of aryl methyl sites for hydroxylation is 1. The van der Waals surface area contributed by atoms with Crippen LogP contribution in [0.25, 0.3) is 0 Å². The third-order valence-corrected chi connectivity index (χ3v) is 2.34.